The number of hydrogen-bond donors (Lipinski definition) is 1. The summed E-state index contributed by atoms with van der Waals surface area (Å²) in [5.41, 5.74) is 8.01. The molecule has 1 heterocycles. The van der Waals surface area contributed by atoms with Gasteiger partial charge in [0.1, 0.15) is 10.6 Å². The minimum Gasteiger partial charge on any atom is -0.471 e. The van der Waals surface area contributed by atoms with Crippen molar-refractivity contribution in [3.63, 3.8) is 0 Å². The summed E-state index contributed by atoms with van der Waals surface area (Å²) in [6, 6.07) is 1.95. The molecule has 0 unspecified atom stereocenters. The Morgan fingerprint density at radius 2 is 1.94 bits per heavy atom. The summed E-state index contributed by atoms with van der Waals surface area (Å²) in [6.07, 6.45) is 0. The van der Waals surface area contributed by atoms with Crippen LogP contribution in [0.3, 0.4) is 0 Å². The molecule has 0 amide bonds. The van der Waals surface area contributed by atoms with Gasteiger partial charge in [0.05, 0.1) is 5.56 Å². The molecule has 0 atom stereocenters. The second kappa shape index (κ2) is 4.37. The van der Waals surface area contributed by atoms with Gasteiger partial charge in [0.2, 0.25) is 5.88 Å². The Hall–Kier alpha value is -1.16. The Bertz CT molecular complexity index is 422. The highest BCUT2D eigenvalue weighted by Crippen LogP contribution is 2.24. The van der Waals surface area contributed by atoms with Gasteiger partial charge in [-0.05, 0) is 46.2 Å². The first-order valence-corrected chi connectivity index (χ1v) is 5.58. The smallest absolute Gasteiger partial charge is 0.224 e. The highest BCUT2D eigenvalue weighted by molar-refractivity contribution is 7.80. The zero-order valence-electron chi connectivity index (χ0n) is 10.4. The zero-order chi connectivity index (χ0) is 12.5. The molecule has 3 nitrogen and oxygen atoms in total. The number of hydrogen-bond acceptors (Lipinski definition) is 3. The minimum absolute atomic E-state index is 0.313. The lowest BCUT2D eigenvalue weighted by molar-refractivity contribution is 0.123. The lowest BCUT2D eigenvalue weighted by Gasteiger charge is -2.23. The van der Waals surface area contributed by atoms with E-state index in [-0.39, 0.29) is 5.60 Å². The Morgan fingerprint density at radius 1 is 1.38 bits per heavy atom. The van der Waals surface area contributed by atoms with Crippen LogP contribution in [-0.4, -0.2) is 15.6 Å². The molecule has 1 rings (SSSR count). The first kappa shape index (κ1) is 12.9. The molecule has 2 N–H and O–H groups in total. The van der Waals surface area contributed by atoms with Gasteiger partial charge in [-0.25, -0.2) is 4.98 Å². The zero-order valence-corrected chi connectivity index (χ0v) is 11.2. The molecule has 0 spiro atoms. The molecule has 0 bridgehead atoms. The van der Waals surface area contributed by atoms with Gasteiger partial charge in [0.15, 0.2) is 0 Å². The third kappa shape index (κ3) is 3.17. The molecule has 0 saturated heterocycles. The van der Waals surface area contributed by atoms with Crippen LogP contribution < -0.4 is 10.5 Å². The number of ether oxygens (including phenoxy) is 1. The van der Waals surface area contributed by atoms with E-state index in [9.17, 15) is 0 Å². The molecule has 16 heavy (non-hydrogen) atoms. The van der Waals surface area contributed by atoms with Crippen molar-refractivity contribution in [1.82, 2.24) is 4.98 Å². The Labute approximate surface area is 102 Å². The normalized spacial score (nSPS) is 11.3. The van der Waals surface area contributed by atoms with Gasteiger partial charge in [0, 0.05) is 5.69 Å². The van der Waals surface area contributed by atoms with Crippen LogP contribution in [0.2, 0.25) is 0 Å². The first-order chi connectivity index (χ1) is 7.20. The molecule has 0 saturated carbocycles. The number of nitrogens with zero attached hydrogens (tertiary/aromatic N) is 1. The van der Waals surface area contributed by atoms with Crippen molar-refractivity contribution in [3.05, 3.63) is 22.9 Å². The van der Waals surface area contributed by atoms with Crippen molar-refractivity contribution in [2.75, 3.05) is 0 Å². The van der Waals surface area contributed by atoms with Crippen molar-refractivity contribution in [2.24, 2.45) is 5.73 Å². The third-order valence-electron chi connectivity index (χ3n) is 1.96. The van der Waals surface area contributed by atoms with Gasteiger partial charge in [-0.15, -0.1) is 0 Å². The Balaban J connectivity index is 3.30. The van der Waals surface area contributed by atoms with Crippen LogP contribution in [0.15, 0.2) is 6.07 Å². The van der Waals surface area contributed by atoms with Crippen LogP contribution in [0.1, 0.15) is 37.6 Å². The van der Waals surface area contributed by atoms with E-state index in [1.165, 1.54) is 0 Å². The van der Waals surface area contributed by atoms with E-state index < -0.39 is 0 Å². The van der Waals surface area contributed by atoms with E-state index in [1.807, 2.05) is 40.7 Å². The van der Waals surface area contributed by atoms with E-state index in [2.05, 4.69) is 4.98 Å². The van der Waals surface area contributed by atoms with E-state index in [0.717, 1.165) is 16.8 Å². The average molecular weight is 238 g/mol. The van der Waals surface area contributed by atoms with Gasteiger partial charge in [-0.3, -0.25) is 0 Å². The topological polar surface area (TPSA) is 48.1 Å². The lowest BCUT2D eigenvalue weighted by Crippen LogP contribution is -2.26. The second-order valence-electron chi connectivity index (χ2n) is 4.84. The number of aromatic nitrogens is 1. The SMILES string of the molecule is Cc1cc(C)c(C(N)=S)c(OC(C)(C)C)n1. The van der Waals surface area contributed by atoms with E-state index in [1.54, 1.807) is 0 Å². The van der Waals surface area contributed by atoms with E-state index in [0.29, 0.717) is 10.9 Å². The first-order valence-electron chi connectivity index (χ1n) is 5.18. The maximum atomic E-state index is 5.78. The van der Waals surface area contributed by atoms with Gasteiger partial charge in [-0.1, -0.05) is 12.2 Å². The summed E-state index contributed by atoms with van der Waals surface area (Å²) in [7, 11) is 0. The maximum Gasteiger partial charge on any atom is 0.224 e. The number of thiocarbonyl (C=S) groups is 1. The fourth-order valence-corrected chi connectivity index (χ4v) is 1.71. The molecular weight excluding hydrogens is 220 g/mol. The van der Waals surface area contributed by atoms with Gasteiger partial charge < -0.3 is 10.5 Å². The molecule has 0 radical (unpaired) electrons. The van der Waals surface area contributed by atoms with Crippen LogP contribution in [0.5, 0.6) is 5.88 Å². The highest BCUT2D eigenvalue weighted by atomic mass is 32.1. The number of rotatable bonds is 2. The minimum atomic E-state index is -0.313. The van der Waals surface area contributed by atoms with E-state index in [4.69, 9.17) is 22.7 Å². The lowest BCUT2D eigenvalue weighted by atomic mass is 10.1. The molecule has 1 aromatic rings. The fraction of sp³-hybridized carbons (Fsp3) is 0.500. The summed E-state index contributed by atoms with van der Waals surface area (Å²) in [5, 5.41) is 0. The Morgan fingerprint density at radius 3 is 2.38 bits per heavy atom. The summed E-state index contributed by atoms with van der Waals surface area (Å²) >= 11 is 5.03. The van der Waals surface area contributed by atoms with Crippen molar-refractivity contribution in [2.45, 2.75) is 40.2 Å². The summed E-state index contributed by atoms with van der Waals surface area (Å²) in [4.78, 5) is 4.67. The fourth-order valence-electron chi connectivity index (χ4n) is 1.47. The molecule has 4 heteroatoms. The van der Waals surface area contributed by atoms with Crippen LogP contribution in [0, 0.1) is 13.8 Å². The Kier molecular flexibility index (Phi) is 3.53. The summed E-state index contributed by atoms with van der Waals surface area (Å²) in [5.74, 6) is 0.525. The van der Waals surface area contributed by atoms with Crippen molar-refractivity contribution in [1.29, 1.82) is 0 Å². The van der Waals surface area contributed by atoms with Gasteiger partial charge in [-0.2, -0.15) is 0 Å². The molecule has 0 aliphatic rings. The number of nitrogens with two attached hydrogens (primary N) is 1. The van der Waals surface area contributed by atoms with Crippen LogP contribution in [0.4, 0.5) is 0 Å². The van der Waals surface area contributed by atoms with E-state index >= 15 is 0 Å². The van der Waals surface area contributed by atoms with Crippen molar-refractivity contribution >= 4 is 17.2 Å². The predicted octanol–water partition coefficient (Wildman–Crippen LogP) is 2.51. The monoisotopic (exact) mass is 238 g/mol. The summed E-state index contributed by atoms with van der Waals surface area (Å²) < 4.78 is 5.78. The van der Waals surface area contributed by atoms with Crippen LogP contribution in [-0.2, 0) is 0 Å². The second-order valence-corrected chi connectivity index (χ2v) is 5.28. The van der Waals surface area contributed by atoms with Gasteiger partial charge in [0.25, 0.3) is 0 Å². The molecule has 0 aliphatic carbocycles. The molecule has 88 valence electrons. The van der Waals surface area contributed by atoms with Crippen LogP contribution >= 0.6 is 12.2 Å². The molecular formula is C12H18N2OS. The standard InChI is InChI=1S/C12H18N2OS/c1-7-6-8(2)14-11(9(7)10(13)16)15-12(3,4)5/h6H,1-5H3,(H2,13,16). The molecule has 1 aromatic heterocycles. The maximum absolute atomic E-state index is 5.78. The summed E-state index contributed by atoms with van der Waals surface area (Å²) in [6.45, 7) is 9.78. The number of aryl methyl sites for hydroxylation is 2. The predicted molar refractivity (Wildman–Crippen MR) is 70.0 cm³/mol. The molecule has 0 aliphatic heterocycles. The van der Waals surface area contributed by atoms with Crippen LogP contribution in [0.25, 0.3) is 0 Å². The highest BCUT2D eigenvalue weighted by Gasteiger charge is 2.19. The van der Waals surface area contributed by atoms with Crippen molar-refractivity contribution < 1.29 is 4.74 Å². The van der Waals surface area contributed by atoms with Crippen molar-refractivity contribution in [3.8, 4) is 5.88 Å². The van der Waals surface area contributed by atoms with Gasteiger partial charge >= 0.3 is 0 Å². The average Bonchev–Trinajstić information content (AvgIpc) is 1.96. The molecule has 0 aromatic carbocycles. The number of pyridine rings is 1. The third-order valence-corrected chi connectivity index (χ3v) is 2.16. The largest absolute Gasteiger partial charge is 0.471 e. The molecule has 0 fully saturated rings. The quantitative estimate of drug-likeness (QED) is 0.804.